The molecule has 0 aliphatic carbocycles. The van der Waals surface area contributed by atoms with E-state index in [1.807, 2.05) is 18.2 Å². The Morgan fingerprint density at radius 2 is 1.25 bits per heavy atom. The minimum atomic E-state index is -0.727. The zero-order valence-corrected chi connectivity index (χ0v) is 14.4. The van der Waals surface area contributed by atoms with Crippen LogP contribution in [0.15, 0.2) is 30.3 Å². The molecule has 0 N–H and O–H groups in total. The summed E-state index contributed by atoms with van der Waals surface area (Å²) in [5, 5.41) is 23.5. The number of nitro benzene ring substituents is 2. The smallest absolute Gasteiger partial charge is 0.258 e. The average molecular weight is 328 g/mol. The van der Waals surface area contributed by atoms with Crippen molar-refractivity contribution in [1.29, 1.82) is 0 Å². The molecule has 0 saturated heterocycles. The van der Waals surface area contributed by atoms with Crippen molar-refractivity contribution in [3.63, 3.8) is 0 Å². The van der Waals surface area contributed by atoms with Gasteiger partial charge in [-0.05, 0) is 19.4 Å². The second-order valence-electron chi connectivity index (χ2n) is 6.83. The van der Waals surface area contributed by atoms with Gasteiger partial charge >= 0.3 is 0 Å². The van der Waals surface area contributed by atoms with Crippen molar-refractivity contribution in [2.45, 2.75) is 40.0 Å². The summed E-state index contributed by atoms with van der Waals surface area (Å²) in [6.45, 7) is 8.58. The Morgan fingerprint density at radius 1 is 0.833 bits per heavy atom. The molecule has 0 radical (unpaired) electrons. The van der Waals surface area contributed by atoms with Gasteiger partial charge in [0, 0.05) is 22.1 Å². The van der Waals surface area contributed by atoms with Crippen molar-refractivity contribution in [2.24, 2.45) is 0 Å². The van der Waals surface area contributed by atoms with Crippen LogP contribution in [-0.4, -0.2) is 9.85 Å². The first-order chi connectivity index (χ1) is 11.1. The van der Waals surface area contributed by atoms with Crippen LogP contribution in [0.3, 0.4) is 0 Å². The lowest BCUT2D eigenvalue weighted by Crippen LogP contribution is -2.19. The van der Waals surface area contributed by atoms with Crippen molar-refractivity contribution in [2.75, 3.05) is 0 Å². The van der Waals surface area contributed by atoms with E-state index in [2.05, 4.69) is 0 Å². The van der Waals surface area contributed by atoms with E-state index in [0.29, 0.717) is 16.7 Å². The van der Waals surface area contributed by atoms with Gasteiger partial charge < -0.3 is 0 Å². The molecule has 0 saturated carbocycles. The van der Waals surface area contributed by atoms with Crippen LogP contribution in [0.4, 0.5) is 11.4 Å². The summed E-state index contributed by atoms with van der Waals surface area (Å²) in [6, 6.07) is 9.06. The largest absolute Gasteiger partial charge is 0.283 e. The molecule has 6 heteroatoms. The minimum Gasteiger partial charge on any atom is -0.258 e. The summed E-state index contributed by atoms with van der Waals surface area (Å²) >= 11 is 0. The number of rotatable bonds is 3. The predicted octanol–water partition coefficient (Wildman–Crippen LogP) is 5.08. The normalized spacial score (nSPS) is 11.4. The third-order valence-corrected chi connectivity index (χ3v) is 4.11. The highest BCUT2D eigenvalue weighted by atomic mass is 16.6. The monoisotopic (exact) mass is 328 g/mol. The highest BCUT2D eigenvalue weighted by Gasteiger charge is 2.39. The fourth-order valence-corrected chi connectivity index (χ4v) is 3.21. The van der Waals surface area contributed by atoms with Crippen molar-refractivity contribution >= 4 is 11.4 Å². The third-order valence-electron chi connectivity index (χ3n) is 4.11. The topological polar surface area (TPSA) is 86.3 Å². The van der Waals surface area contributed by atoms with Gasteiger partial charge in [0.2, 0.25) is 0 Å². The zero-order valence-electron chi connectivity index (χ0n) is 14.4. The van der Waals surface area contributed by atoms with Crippen LogP contribution in [0.1, 0.15) is 37.5 Å². The van der Waals surface area contributed by atoms with E-state index >= 15 is 0 Å². The molecule has 0 heterocycles. The summed E-state index contributed by atoms with van der Waals surface area (Å²) < 4.78 is 0. The van der Waals surface area contributed by atoms with E-state index in [0.717, 1.165) is 5.56 Å². The standard InChI is InChI=1S/C18H20N2O4/c1-11-14(13-9-7-6-8-10-13)12(2)17(20(23)24)15(18(3,4)5)16(11)19(21)22/h6-10H,1-5H3. The lowest BCUT2D eigenvalue weighted by atomic mass is 9.79. The highest BCUT2D eigenvalue weighted by Crippen LogP contribution is 2.47. The fourth-order valence-electron chi connectivity index (χ4n) is 3.21. The molecule has 0 unspecified atom stereocenters. The summed E-state index contributed by atoms with van der Waals surface area (Å²) in [4.78, 5) is 22.5. The molecule has 24 heavy (non-hydrogen) atoms. The Labute approximate surface area is 140 Å². The maximum Gasteiger partial charge on any atom is 0.283 e. The Morgan fingerprint density at radius 3 is 1.58 bits per heavy atom. The lowest BCUT2D eigenvalue weighted by Gasteiger charge is -2.23. The number of nitrogens with zero attached hydrogens (tertiary/aromatic N) is 2. The first kappa shape index (κ1) is 17.6. The van der Waals surface area contributed by atoms with Gasteiger partial charge in [0.05, 0.1) is 9.85 Å². The van der Waals surface area contributed by atoms with E-state index in [9.17, 15) is 20.2 Å². The third kappa shape index (κ3) is 2.87. The Bertz CT molecular complexity index is 780. The molecule has 0 fully saturated rings. The molecule has 0 aliphatic rings. The molecular formula is C18H20N2O4. The number of benzene rings is 2. The van der Waals surface area contributed by atoms with Gasteiger partial charge in [-0.1, -0.05) is 51.1 Å². The Kier molecular flexibility index (Phi) is 4.42. The molecule has 2 aromatic carbocycles. The molecule has 2 rings (SSSR count). The van der Waals surface area contributed by atoms with Crippen LogP contribution in [0.25, 0.3) is 11.1 Å². The molecule has 0 aliphatic heterocycles. The SMILES string of the molecule is Cc1c(-c2ccccc2)c(C)c([N+](=O)[O-])c(C(C)(C)C)c1[N+](=O)[O-]. The van der Waals surface area contributed by atoms with E-state index in [4.69, 9.17) is 0 Å². The Hall–Kier alpha value is -2.76. The van der Waals surface area contributed by atoms with E-state index in [-0.39, 0.29) is 16.9 Å². The molecule has 0 spiro atoms. The average Bonchev–Trinajstić information content (AvgIpc) is 2.45. The van der Waals surface area contributed by atoms with Crippen molar-refractivity contribution in [3.8, 4) is 11.1 Å². The molecule has 0 aromatic heterocycles. The van der Waals surface area contributed by atoms with Gasteiger partial charge in [0.1, 0.15) is 5.56 Å². The quantitative estimate of drug-likeness (QED) is 0.580. The summed E-state index contributed by atoms with van der Waals surface area (Å²) in [5.74, 6) is 0. The molecule has 0 amide bonds. The molecule has 6 nitrogen and oxygen atoms in total. The number of hydrogen-bond donors (Lipinski definition) is 0. The Balaban J connectivity index is 3.07. The molecular weight excluding hydrogens is 308 g/mol. The van der Waals surface area contributed by atoms with Crippen LogP contribution in [-0.2, 0) is 5.41 Å². The summed E-state index contributed by atoms with van der Waals surface area (Å²) in [7, 11) is 0. The van der Waals surface area contributed by atoms with Crippen LogP contribution in [0.5, 0.6) is 0 Å². The summed E-state index contributed by atoms with van der Waals surface area (Å²) in [5.41, 5.74) is 1.32. The summed E-state index contributed by atoms with van der Waals surface area (Å²) in [6.07, 6.45) is 0. The van der Waals surface area contributed by atoms with Crippen molar-refractivity contribution < 1.29 is 9.85 Å². The molecule has 2 aromatic rings. The van der Waals surface area contributed by atoms with Gasteiger partial charge in [0.25, 0.3) is 11.4 Å². The van der Waals surface area contributed by atoms with Crippen LogP contribution >= 0.6 is 0 Å². The van der Waals surface area contributed by atoms with Crippen LogP contribution in [0, 0.1) is 34.1 Å². The second-order valence-corrected chi connectivity index (χ2v) is 6.83. The first-order valence-corrected chi connectivity index (χ1v) is 7.59. The molecule has 0 bridgehead atoms. The van der Waals surface area contributed by atoms with E-state index in [1.165, 1.54) is 0 Å². The second kappa shape index (κ2) is 6.03. The van der Waals surface area contributed by atoms with Crippen LogP contribution in [0.2, 0.25) is 0 Å². The maximum atomic E-state index is 11.7. The fraction of sp³-hybridized carbons (Fsp3) is 0.333. The van der Waals surface area contributed by atoms with Crippen molar-refractivity contribution in [3.05, 3.63) is 67.3 Å². The van der Waals surface area contributed by atoms with Gasteiger partial charge in [-0.25, -0.2) is 0 Å². The molecule has 0 atom stereocenters. The maximum absolute atomic E-state index is 11.7. The minimum absolute atomic E-state index is 0.168. The van der Waals surface area contributed by atoms with E-state index < -0.39 is 15.3 Å². The van der Waals surface area contributed by atoms with Gasteiger partial charge in [-0.2, -0.15) is 0 Å². The van der Waals surface area contributed by atoms with Gasteiger partial charge in [0.15, 0.2) is 0 Å². The van der Waals surface area contributed by atoms with E-state index in [1.54, 1.807) is 46.8 Å². The lowest BCUT2D eigenvalue weighted by molar-refractivity contribution is -0.396. The van der Waals surface area contributed by atoms with Crippen LogP contribution < -0.4 is 0 Å². The molecule has 126 valence electrons. The highest BCUT2D eigenvalue weighted by molar-refractivity contribution is 5.82. The van der Waals surface area contributed by atoms with Crippen molar-refractivity contribution in [1.82, 2.24) is 0 Å². The number of nitro groups is 2. The first-order valence-electron chi connectivity index (χ1n) is 7.59. The van der Waals surface area contributed by atoms with Gasteiger partial charge in [-0.3, -0.25) is 20.2 Å². The zero-order chi connectivity index (χ0) is 18.2. The number of hydrogen-bond acceptors (Lipinski definition) is 4. The van der Waals surface area contributed by atoms with Gasteiger partial charge in [-0.15, -0.1) is 0 Å². The predicted molar refractivity (Wildman–Crippen MR) is 93.4 cm³/mol.